The van der Waals surface area contributed by atoms with Gasteiger partial charge in [0.05, 0.1) is 6.61 Å². The average Bonchev–Trinajstić information content (AvgIpc) is 1.63. The largest absolute Gasteiger partial charge is 0.465 e. The summed E-state index contributed by atoms with van der Waals surface area (Å²) < 4.78 is 4.36. The second-order valence-electron chi connectivity index (χ2n) is 1.30. The van der Waals surface area contributed by atoms with Gasteiger partial charge in [0.15, 0.2) is 6.42 Å². The van der Waals surface area contributed by atoms with E-state index in [1.807, 2.05) is 0 Å². The van der Waals surface area contributed by atoms with Crippen LogP contribution in [0.25, 0.3) is 0 Å². The van der Waals surface area contributed by atoms with E-state index in [9.17, 15) is 9.59 Å². The minimum Gasteiger partial charge on any atom is -0.465 e. The van der Waals surface area contributed by atoms with Crippen LogP contribution in [0.5, 0.6) is 0 Å². The summed E-state index contributed by atoms with van der Waals surface area (Å²) in [5.41, 5.74) is 4.63. The van der Waals surface area contributed by atoms with E-state index in [1.54, 1.807) is 6.92 Å². The van der Waals surface area contributed by atoms with Crippen LogP contribution in [-0.2, 0) is 14.3 Å². The molecule has 51 valence electrons. The lowest BCUT2D eigenvalue weighted by atomic mass is 10.4. The predicted molar refractivity (Wildman–Crippen MR) is 30.1 cm³/mol. The van der Waals surface area contributed by atoms with Crippen molar-refractivity contribution in [2.24, 2.45) is 5.73 Å². The van der Waals surface area contributed by atoms with Gasteiger partial charge in [0.25, 0.3) is 0 Å². The summed E-state index contributed by atoms with van der Waals surface area (Å²) >= 11 is 0. The summed E-state index contributed by atoms with van der Waals surface area (Å²) in [4.78, 5) is 20.2. The molecule has 0 unspecified atom stereocenters. The van der Waals surface area contributed by atoms with E-state index >= 15 is 0 Å². The first kappa shape index (κ1) is 7.94. The SMILES string of the molecule is CCOC(=O)[CH]C(N)=O. The highest BCUT2D eigenvalue weighted by atomic mass is 16.5. The fourth-order valence-electron chi connectivity index (χ4n) is 0.300. The smallest absolute Gasteiger partial charge is 0.319 e. The molecule has 4 nitrogen and oxygen atoms in total. The summed E-state index contributed by atoms with van der Waals surface area (Å²) in [5, 5.41) is 0. The normalized spacial score (nSPS) is 8.56. The lowest BCUT2D eigenvalue weighted by Gasteiger charge is -1.95. The molecular formula is C5H8NO3. The quantitative estimate of drug-likeness (QED) is 0.403. The molecule has 0 aromatic heterocycles. The van der Waals surface area contributed by atoms with Crippen molar-refractivity contribution in [3.8, 4) is 0 Å². The summed E-state index contributed by atoms with van der Waals surface area (Å²) in [6, 6.07) is 0. The number of esters is 1. The Kier molecular flexibility index (Phi) is 3.43. The minimum atomic E-state index is -0.784. The molecule has 1 amide bonds. The fourth-order valence-corrected chi connectivity index (χ4v) is 0.300. The third kappa shape index (κ3) is 4.80. The molecule has 0 heterocycles. The van der Waals surface area contributed by atoms with Crippen LogP contribution < -0.4 is 5.73 Å². The molecule has 0 saturated carbocycles. The van der Waals surface area contributed by atoms with Crippen molar-refractivity contribution in [3.63, 3.8) is 0 Å². The Bertz CT molecular complexity index is 121. The Morgan fingerprint density at radius 3 is 2.56 bits per heavy atom. The van der Waals surface area contributed by atoms with Crippen LogP contribution in [0.3, 0.4) is 0 Å². The van der Waals surface area contributed by atoms with Gasteiger partial charge in [0.2, 0.25) is 5.91 Å². The molecule has 0 aliphatic rings. The van der Waals surface area contributed by atoms with Crippen LogP contribution in [0.1, 0.15) is 6.92 Å². The maximum absolute atomic E-state index is 10.3. The number of carbonyl (C=O) groups is 2. The molecule has 0 spiro atoms. The topological polar surface area (TPSA) is 69.4 Å². The molecular weight excluding hydrogens is 122 g/mol. The molecule has 1 radical (unpaired) electrons. The number of ether oxygens (including phenoxy) is 1. The van der Waals surface area contributed by atoms with Crippen molar-refractivity contribution in [1.29, 1.82) is 0 Å². The molecule has 0 aliphatic heterocycles. The van der Waals surface area contributed by atoms with Gasteiger partial charge < -0.3 is 10.5 Å². The first-order valence-electron chi connectivity index (χ1n) is 2.47. The van der Waals surface area contributed by atoms with Crippen molar-refractivity contribution in [2.45, 2.75) is 6.92 Å². The third-order valence-corrected chi connectivity index (χ3v) is 0.547. The van der Waals surface area contributed by atoms with E-state index in [0.717, 1.165) is 0 Å². The van der Waals surface area contributed by atoms with Crippen molar-refractivity contribution in [3.05, 3.63) is 6.42 Å². The minimum absolute atomic E-state index is 0.253. The van der Waals surface area contributed by atoms with Crippen LogP contribution >= 0.6 is 0 Å². The second kappa shape index (κ2) is 3.88. The molecule has 0 fully saturated rings. The molecule has 2 N–H and O–H groups in total. The highest BCUT2D eigenvalue weighted by Gasteiger charge is 2.05. The van der Waals surface area contributed by atoms with Gasteiger partial charge in [-0.3, -0.25) is 9.59 Å². The van der Waals surface area contributed by atoms with Gasteiger partial charge in [0.1, 0.15) is 0 Å². The summed E-state index contributed by atoms with van der Waals surface area (Å²) in [6.45, 7) is 1.90. The zero-order chi connectivity index (χ0) is 7.28. The molecule has 4 heteroatoms. The number of hydrogen-bond donors (Lipinski definition) is 1. The lowest BCUT2D eigenvalue weighted by Crippen LogP contribution is -2.18. The molecule has 0 aromatic rings. The van der Waals surface area contributed by atoms with E-state index in [1.165, 1.54) is 0 Å². The molecule has 0 rings (SSSR count). The van der Waals surface area contributed by atoms with E-state index < -0.39 is 11.9 Å². The number of nitrogens with two attached hydrogens (primary N) is 1. The Labute approximate surface area is 53.0 Å². The maximum atomic E-state index is 10.3. The van der Waals surface area contributed by atoms with Crippen molar-refractivity contribution < 1.29 is 14.3 Å². The molecule has 0 saturated heterocycles. The number of primary amides is 1. The zero-order valence-corrected chi connectivity index (χ0v) is 5.09. The number of carbonyl (C=O) groups excluding carboxylic acids is 2. The van der Waals surface area contributed by atoms with Gasteiger partial charge in [-0.2, -0.15) is 0 Å². The monoisotopic (exact) mass is 130 g/mol. The van der Waals surface area contributed by atoms with Gasteiger partial charge >= 0.3 is 5.97 Å². The van der Waals surface area contributed by atoms with Crippen molar-refractivity contribution in [1.82, 2.24) is 0 Å². The molecule has 9 heavy (non-hydrogen) atoms. The van der Waals surface area contributed by atoms with Gasteiger partial charge in [-0.05, 0) is 6.92 Å². The van der Waals surface area contributed by atoms with E-state index in [0.29, 0.717) is 6.42 Å². The van der Waals surface area contributed by atoms with Crippen LogP contribution in [0.15, 0.2) is 0 Å². The second-order valence-corrected chi connectivity index (χ2v) is 1.30. The number of amides is 1. The van der Waals surface area contributed by atoms with Crippen LogP contribution in [-0.4, -0.2) is 18.5 Å². The van der Waals surface area contributed by atoms with E-state index in [-0.39, 0.29) is 6.61 Å². The Morgan fingerprint density at radius 2 is 2.22 bits per heavy atom. The number of hydrogen-bond acceptors (Lipinski definition) is 3. The molecule has 0 aromatic carbocycles. The summed E-state index contributed by atoms with van der Waals surface area (Å²) in [5.74, 6) is -1.47. The predicted octanol–water partition coefficient (Wildman–Crippen LogP) is -0.761. The summed E-state index contributed by atoms with van der Waals surface area (Å²) in [7, 11) is 0. The maximum Gasteiger partial charge on any atom is 0.319 e. The van der Waals surface area contributed by atoms with Crippen LogP contribution in [0.4, 0.5) is 0 Å². The highest BCUT2D eigenvalue weighted by molar-refractivity contribution is 6.05. The van der Waals surface area contributed by atoms with E-state index in [2.05, 4.69) is 10.5 Å². The molecule has 0 atom stereocenters. The van der Waals surface area contributed by atoms with Crippen molar-refractivity contribution in [2.75, 3.05) is 6.61 Å². The van der Waals surface area contributed by atoms with Crippen molar-refractivity contribution >= 4 is 11.9 Å². The Hall–Kier alpha value is -1.06. The van der Waals surface area contributed by atoms with Gasteiger partial charge in [-0.1, -0.05) is 0 Å². The lowest BCUT2D eigenvalue weighted by molar-refractivity contribution is -0.140. The first-order chi connectivity index (χ1) is 4.16. The Balaban J connectivity index is 3.39. The number of rotatable bonds is 3. The van der Waals surface area contributed by atoms with Gasteiger partial charge in [0, 0.05) is 0 Å². The molecule has 0 aliphatic carbocycles. The first-order valence-corrected chi connectivity index (χ1v) is 2.47. The van der Waals surface area contributed by atoms with E-state index in [4.69, 9.17) is 0 Å². The third-order valence-electron chi connectivity index (χ3n) is 0.547. The Morgan fingerprint density at radius 1 is 1.67 bits per heavy atom. The zero-order valence-electron chi connectivity index (χ0n) is 5.09. The fraction of sp³-hybridized carbons (Fsp3) is 0.400. The standard InChI is InChI=1S/C5H8NO3/c1-2-9-5(8)3-4(6)7/h3H,2H2,1H3,(H2,6,7). The van der Waals surface area contributed by atoms with Gasteiger partial charge in [-0.25, -0.2) is 0 Å². The highest BCUT2D eigenvalue weighted by Crippen LogP contribution is 1.81. The molecule has 0 bridgehead atoms. The van der Waals surface area contributed by atoms with Crippen LogP contribution in [0, 0.1) is 6.42 Å². The average molecular weight is 130 g/mol. The van der Waals surface area contributed by atoms with Gasteiger partial charge in [-0.15, -0.1) is 0 Å². The summed E-state index contributed by atoms with van der Waals surface area (Å²) in [6.07, 6.45) is 0.698. The van der Waals surface area contributed by atoms with Crippen LogP contribution in [0.2, 0.25) is 0 Å².